The van der Waals surface area contributed by atoms with Crippen LogP contribution in [0.25, 0.3) is 0 Å². The Hall–Kier alpha value is -1.20. The summed E-state index contributed by atoms with van der Waals surface area (Å²) in [5, 5.41) is 4.28. The van der Waals surface area contributed by atoms with Crippen molar-refractivity contribution in [3.8, 4) is 0 Å². The lowest BCUT2D eigenvalue weighted by Crippen LogP contribution is -2.18. The van der Waals surface area contributed by atoms with E-state index in [1.807, 2.05) is 4.68 Å². The van der Waals surface area contributed by atoms with Gasteiger partial charge in [0.05, 0.1) is 0 Å². The van der Waals surface area contributed by atoms with Crippen LogP contribution in [0.4, 0.5) is 0 Å². The number of aromatic nitrogens is 3. The van der Waals surface area contributed by atoms with Crippen molar-refractivity contribution in [2.45, 2.75) is 39.8 Å². The van der Waals surface area contributed by atoms with Crippen LogP contribution in [-0.4, -0.2) is 14.8 Å². The number of benzene rings is 1. The second-order valence-corrected chi connectivity index (χ2v) is 6.44. The Morgan fingerprint density at radius 3 is 2.75 bits per heavy atom. The van der Waals surface area contributed by atoms with E-state index in [1.54, 1.807) is 6.33 Å². The van der Waals surface area contributed by atoms with Gasteiger partial charge in [-0.1, -0.05) is 41.9 Å². The van der Waals surface area contributed by atoms with Crippen LogP contribution < -0.4 is 5.73 Å². The van der Waals surface area contributed by atoms with Gasteiger partial charge in [-0.2, -0.15) is 5.10 Å². The minimum absolute atomic E-state index is 0.0833. The Balaban J connectivity index is 2.15. The average Bonchev–Trinajstić information content (AvgIpc) is 2.75. The molecule has 0 fully saturated rings. The fourth-order valence-corrected chi connectivity index (χ4v) is 2.97. The first-order chi connectivity index (χ1) is 9.47. The number of hydrogen-bond donors (Lipinski definition) is 1. The number of nitrogens with two attached hydrogens (primary N) is 1. The highest BCUT2D eigenvalue weighted by Crippen LogP contribution is 2.25. The summed E-state index contributed by atoms with van der Waals surface area (Å²) in [4.78, 5) is 4.34. The van der Waals surface area contributed by atoms with E-state index in [0.29, 0.717) is 12.3 Å². The Bertz CT molecular complexity index is 577. The summed E-state index contributed by atoms with van der Waals surface area (Å²) in [6.45, 7) is 7.28. The molecule has 4 nitrogen and oxygen atoms in total. The van der Waals surface area contributed by atoms with Gasteiger partial charge in [-0.15, -0.1) is 0 Å². The predicted octanol–water partition coefficient (Wildman–Crippen LogP) is 3.25. The van der Waals surface area contributed by atoms with Crippen molar-refractivity contribution < 1.29 is 0 Å². The second-order valence-electron chi connectivity index (χ2n) is 5.59. The van der Waals surface area contributed by atoms with Crippen molar-refractivity contribution in [2.75, 3.05) is 0 Å². The molecule has 1 aromatic carbocycles. The molecule has 0 saturated heterocycles. The smallest absolute Gasteiger partial charge is 0.138 e. The third kappa shape index (κ3) is 3.67. The molecule has 0 amide bonds. The molecule has 1 heterocycles. The molecule has 0 bridgehead atoms. The summed E-state index contributed by atoms with van der Waals surface area (Å²) in [5.74, 6) is 1.48. The molecular weight excluding hydrogens is 316 g/mol. The monoisotopic (exact) mass is 336 g/mol. The normalized spacial score (nSPS) is 12.9. The largest absolute Gasteiger partial charge is 0.324 e. The standard InChI is InChI=1S/C15H21BrN4/c1-10(2)8-20-15(18-9-19-20)7-14(17)12-5-4-11(3)6-13(12)16/h4-6,9-10,14H,7-8,17H2,1-3H3. The van der Waals surface area contributed by atoms with Crippen LogP contribution >= 0.6 is 15.9 Å². The van der Waals surface area contributed by atoms with Crippen LogP contribution in [0.2, 0.25) is 0 Å². The summed E-state index contributed by atoms with van der Waals surface area (Å²) in [5.41, 5.74) is 8.65. The topological polar surface area (TPSA) is 56.7 Å². The van der Waals surface area contributed by atoms with Gasteiger partial charge in [-0.25, -0.2) is 9.67 Å². The summed E-state index contributed by atoms with van der Waals surface area (Å²) >= 11 is 3.59. The highest BCUT2D eigenvalue weighted by atomic mass is 79.9. The van der Waals surface area contributed by atoms with Gasteiger partial charge in [0.25, 0.3) is 0 Å². The van der Waals surface area contributed by atoms with Crippen molar-refractivity contribution >= 4 is 15.9 Å². The number of nitrogens with zero attached hydrogens (tertiary/aromatic N) is 3. The Morgan fingerprint density at radius 1 is 1.35 bits per heavy atom. The zero-order valence-electron chi connectivity index (χ0n) is 12.2. The highest BCUT2D eigenvalue weighted by Gasteiger charge is 2.15. The van der Waals surface area contributed by atoms with Crippen LogP contribution in [0, 0.1) is 12.8 Å². The lowest BCUT2D eigenvalue weighted by molar-refractivity contribution is 0.459. The van der Waals surface area contributed by atoms with E-state index in [9.17, 15) is 0 Å². The van der Waals surface area contributed by atoms with E-state index in [1.165, 1.54) is 5.56 Å². The molecule has 5 heteroatoms. The minimum Gasteiger partial charge on any atom is -0.324 e. The van der Waals surface area contributed by atoms with Gasteiger partial charge in [0.15, 0.2) is 0 Å². The van der Waals surface area contributed by atoms with Gasteiger partial charge in [0.1, 0.15) is 12.2 Å². The molecule has 20 heavy (non-hydrogen) atoms. The molecular formula is C15H21BrN4. The molecule has 1 atom stereocenters. The molecule has 2 aromatic rings. The predicted molar refractivity (Wildman–Crippen MR) is 84.4 cm³/mol. The maximum absolute atomic E-state index is 6.33. The van der Waals surface area contributed by atoms with Gasteiger partial charge in [0.2, 0.25) is 0 Å². The van der Waals surface area contributed by atoms with Crippen molar-refractivity contribution in [2.24, 2.45) is 11.7 Å². The second kappa shape index (κ2) is 6.50. The molecule has 0 aliphatic rings. The average molecular weight is 337 g/mol. The third-order valence-electron chi connectivity index (χ3n) is 3.19. The van der Waals surface area contributed by atoms with E-state index in [0.717, 1.165) is 22.4 Å². The van der Waals surface area contributed by atoms with Crippen LogP contribution in [0.3, 0.4) is 0 Å². The highest BCUT2D eigenvalue weighted by molar-refractivity contribution is 9.10. The van der Waals surface area contributed by atoms with Crippen LogP contribution in [0.1, 0.15) is 36.8 Å². The van der Waals surface area contributed by atoms with E-state index < -0.39 is 0 Å². The first kappa shape index (κ1) is 15.2. The fourth-order valence-electron chi connectivity index (χ4n) is 2.18. The molecule has 2 N–H and O–H groups in total. The molecule has 108 valence electrons. The Kier molecular flexibility index (Phi) is 4.94. The van der Waals surface area contributed by atoms with E-state index in [2.05, 4.69) is 65.0 Å². The number of rotatable bonds is 5. The number of aryl methyl sites for hydroxylation is 1. The molecule has 0 aliphatic heterocycles. The Morgan fingerprint density at radius 2 is 2.10 bits per heavy atom. The molecule has 0 spiro atoms. The first-order valence-electron chi connectivity index (χ1n) is 6.85. The minimum atomic E-state index is -0.0833. The van der Waals surface area contributed by atoms with Crippen molar-refractivity contribution in [3.63, 3.8) is 0 Å². The molecule has 0 radical (unpaired) electrons. The maximum atomic E-state index is 6.33. The van der Waals surface area contributed by atoms with Crippen molar-refractivity contribution in [3.05, 3.63) is 46.0 Å². The third-order valence-corrected chi connectivity index (χ3v) is 3.88. The van der Waals surface area contributed by atoms with Crippen LogP contribution in [0.5, 0.6) is 0 Å². The zero-order chi connectivity index (χ0) is 14.7. The quantitative estimate of drug-likeness (QED) is 0.911. The van der Waals surface area contributed by atoms with Crippen molar-refractivity contribution in [1.82, 2.24) is 14.8 Å². The van der Waals surface area contributed by atoms with E-state index in [4.69, 9.17) is 5.73 Å². The summed E-state index contributed by atoms with van der Waals surface area (Å²) in [6.07, 6.45) is 2.29. The SMILES string of the molecule is Cc1ccc(C(N)Cc2ncnn2CC(C)C)c(Br)c1. The van der Waals surface area contributed by atoms with Gasteiger partial charge in [-0.3, -0.25) is 0 Å². The van der Waals surface area contributed by atoms with Crippen LogP contribution in [-0.2, 0) is 13.0 Å². The fraction of sp³-hybridized carbons (Fsp3) is 0.467. The van der Waals surface area contributed by atoms with Crippen molar-refractivity contribution in [1.29, 1.82) is 0 Å². The molecule has 0 saturated carbocycles. The number of halogens is 1. The zero-order valence-corrected chi connectivity index (χ0v) is 13.8. The lowest BCUT2D eigenvalue weighted by atomic mass is 10.0. The maximum Gasteiger partial charge on any atom is 0.138 e. The van der Waals surface area contributed by atoms with Gasteiger partial charge >= 0.3 is 0 Å². The summed E-state index contributed by atoms with van der Waals surface area (Å²) in [6, 6.07) is 6.17. The van der Waals surface area contributed by atoms with Crippen LogP contribution in [0.15, 0.2) is 29.0 Å². The molecule has 2 rings (SSSR count). The summed E-state index contributed by atoms with van der Waals surface area (Å²) < 4.78 is 3.01. The number of hydrogen-bond acceptors (Lipinski definition) is 3. The lowest BCUT2D eigenvalue weighted by Gasteiger charge is -2.15. The van der Waals surface area contributed by atoms with Gasteiger partial charge < -0.3 is 5.73 Å². The van der Waals surface area contributed by atoms with E-state index >= 15 is 0 Å². The molecule has 1 unspecified atom stereocenters. The van der Waals surface area contributed by atoms with Gasteiger partial charge in [-0.05, 0) is 30.0 Å². The first-order valence-corrected chi connectivity index (χ1v) is 7.65. The molecule has 1 aromatic heterocycles. The summed E-state index contributed by atoms with van der Waals surface area (Å²) in [7, 11) is 0. The van der Waals surface area contributed by atoms with E-state index in [-0.39, 0.29) is 6.04 Å². The molecule has 0 aliphatic carbocycles. The van der Waals surface area contributed by atoms with Gasteiger partial charge in [0, 0.05) is 23.5 Å². The Labute approximate surface area is 128 Å².